The number of aliphatic hydroxyl groups excluding tert-OH is 1. The predicted molar refractivity (Wildman–Crippen MR) is 39.3 cm³/mol. The molecule has 1 saturated heterocycles. The molecule has 2 rings (SSSR count). The van der Waals surface area contributed by atoms with Crippen LogP contribution in [-0.2, 0) is 9.47 Å². The summed E-state index contributed by atoms with van der Waals surface area (Å²) in [7, 11) is 0. The molecule has 0 spiro atoms. The van der Waals surface area contributed by atoms with Crippen LogP contribution in [0.4, 0.5) is 0 Å². The third-order valence-corrected chi connectivity index (χ3v) is 2.24. The third kappa shape index (κ3) is 1.92. The Hall–Kier alpha value is -0.120. The van der Waals surface area contributed by atoms with Crippen molar-refractivity contribution in [2.24, 2.45) is 5.92 Å². The molecule has 1 N–H and O–H groups in total. The number of aliphatic hydroxyl groups is 1. The molecule has 1 aliphatic carbocycles. The summed E-state index contributed by atoms with van der Waals surface area (Å²) >= 11 is 0. The van der Waals surface area contributed by atoms with E-state index >= 15 is 0 Å². The van der Waals surface area contributed by atoms with Gasteiger partial charge in [-0.15, -0.1) is 0 Å². The van der Waals surface area contributed by atoms with Crippen molar-refractivity contribution in [3.63, 3.8) is 0 Å². The summed E-state index contributed by atoms with van der Waals surface area (Å²) in [6.45, 7) is 1.81. The van der Waals surface area contributed by atoms with E-state index in [2.05, 4.69) is 0 Å². The zero-order chi connectivity index (χ0) is 7.68. The lowest BCUT2D eigenvalue weighted by Crippen LogP contribution is -2.27. The highest BCUT2D eigenvalue weighted by Gasteiger charge is 2.29. The normalized spacial score (nSPS) is 37.9. The monoisotopic (exact) mass is 158 g/mol. The Kier molecular flexibility index (Phi) is 2.11. The molecular formula is C8H14O3. The average molecular weight is 158 g/mol. The second kappa shape index (κ2) is 3.09. The van der Waals surface area contributed by atoms with Crippen LogP contribution in [0.2, 0.25) is 0 Å². The number of rotatable bonds is 3. The van der Waals surface area contributed by atoms with Gasteiger partial charge in [-0.25, -0.2) is 0 Å². The number of hydrogen-bond donors (Lipinski definition) is 1. The smallest absolute Gasteiger partial charge is 0.109 e. The maximum absolute atomic E-state index is 9.27. The van der Waals surface area contributed by atoms with E-state index in [1.54, 1.807) is 0 Å². The maximum atomic E-state index is 9.27. The number of ether oxygens (including phenoxy) is 2. The van der Waals surface area contributed by atoms with Gasteiger partial charge < -0.3 is 14.6 Å². The zero-order valence-electron chi connectivity index (χ0n) is 6.53. The fourth-order valence-electron chi connectivity index (χ4n) is 1.23. The van der Waals surface area contributed by atoms with E-state index < -0.39 is 6.10 Å². The van der Waals surface area contributed by atoms with E-state index in [1.165, 1.54) is 12.8 Å². The summed E-state index contributed by atoms with van der Waals surface area (Å²) in [5.41, 5.74) is 0. The molecule has 2 aliphatic rings. The molecule has 0 aromatic carbocycles. The summed E-state index contributed by atoms with van der Waals surface area (Å²) < 4.78 is 10.5. The molecule has 3 nitrogen and oxygen atoms in total. The van der Waals surface area contributed by atoms with Crippen LogP contribution in [0.1, 0.15) is 12.8 Å². The van der Waals surface area contributed by atoms with Crippen LogP contribution in [0, 0.1) is 5.92 Å². The third-order valence-electron chi connectivity index (χ3n) is 2.24. The standard InChI is InChI=1S/C8H14O3/c9-7-4-10-5-8(7)11-3-6-1-2-6/h6-9H,1-5H2/t7-,8-/m1/s1. The molecule has 0 unspecified atom stereocenters. The minimum absolute atomic E-state index is 0.0596. The Labute approximate surface area is 66.3 Å². The van der Waals surface area contributed by atoms with Crippen LogP contribution in [0.15, 0.2) is 0 Å². The molecule has 0 amide bonds. The molecule has 11 heavy (non-hydrogen) atoms. The predicted octanol–water partition coefficient (Wildman–Crippen LogP) is 0.173. The van der Waals surface area contributed by atoms with E-state index in [1.807, 2.05) is 0 Å². The minimum Gasteiger partial charge on any atom is -0.388 e. The zero-order valence-corrected chi connectivity index (χ0v) is 6.53. The molecule has 64 valence electrons. The minimum atomic E-state index is -0.395. The Morgan fingerprint density at radius 2 is 2.18 bits per heavy atom. The van der Waals surface area contributed by atoms with Gasteiger partial charge in [-0.05, 0) is 18.8 Å². The van der Waals surface area contributed by atoms with Gasteiger partial charge in [0, 0.05) is 0 Å². The highest BCUT2D eigenvalue weighted by Crippen LogP contribution is 2.29. The lowest BCUT2D eigenvalue weighted by molar-refractivity contribution is -0.0140. The van der Waals surface area contributed by atoms with E-state index in [0.29, 0.717) is 13.2 Å². The van der Waals surface area contributed by atoms with Crippen molar-refractivity contribution in [1.29, 1.82) is 0 Å². The quantitative estimate of drug-likeness (QED) is 0.636. The van der Waals surface area contributed by atoms with Crippen molar-refractivity contribution < 1.29 is 14.6 Å². The summed E-state index contributed by atoms with van der Waals surface area (Å²) in [6.07, 6.45) is 2.14. The van der Waals surface area contributed by atoms with Crippen LogP contribution in [0.5, 0.6) is 0 Å². The Morgan fingerprint density at radius 1 is 1.36 bits per heavy atom. The Balaban J connectivity index is 1.67. The first kappa shape index (κ1) is 7.53. The average Bonchev–Trinajstić information content (AvgIpc) is 2.73. The van der Waals surface area contributed by atoms with Crippen LogP contribution in [0.3, 0.4) is 0 Å². The van der Waals surface area contributed by atoms with Gasteiger partial charge in [0.15, 0.2) is 0 Å². The Morgan fingerprint density at radius 3 is 2.73 bits per heavy atom. The van der Waals surface area contributed by atoms with Crippen molar-refractivity contribution in [3.05, 3.63) is 0 Å². The van der Waals surface area contributed by atoms with Crippen molar-refractivity contribution in [2.75, 3.05) is 19.8 Å². The summed E-state index contributed by atoms with van der Waals surface area (Å²) in [5.74, 6) is 0.766. The van der Waals surface area contributed by atoms with Crippen molar-refractivity contribution in [2.45, 2.75) is 25.0 Å². The second-order valence-electron chi connectivity index (χ2n) is 3.42. The second-order valence-corrected chi connectivity index (χ2v) is 3.42. The summed E-state index contributed by atoms with van der Waals surface area (Å²) in [6, 6.07) is 0. The topological polar surface area (TPSA) is 38.7 Å². The van der Waals surface area contributed by atoms with Gasteiger partial charge in [0.25, 0.3) is 0 Å². The van der Waals surface area contributed by atoms with Crippen molar-refractivity contribution >= 4 is 0 Å². The van der Waals surface area contributed by atoms with E-state index in [-0.39, 0.29) is 6.10 Å². The van der Waals surface area contributed by atoms with Crippen LogP contribution >= 0.6 is 0 Å². The van der Waals surface area contributed by atoms with E-state index in [4.69, 9.17) is 9.47 Å². The molecular weight excluding hydrogens is 144 g/mol. The van der Waals surface area contributed by atoms with Gasteiger partial charge in [-0.3, -0.25) is 0 Å². The molecule has 2 atom stereocenters. The molecule has 0 aromatic rings. The lowest BCUT2D eigenvalue weighted by atomic mass is 10.2. The van der Waals surface area contributed by atoms with Crippen molar-refractivity contribution in [3.8, 4) is 0 Å². The first-order valence-electron chi connectivity index (χ1n) is 4.23. The molecule has 3 heteroatoms. The van der Waals surface area contributed by atoms with Gasteiger partial charge in [-0.1, -0.05) is 0 Å². The summed E-state index contributed by atoms with van der Waals surface area (Å²) in [5, 5.41) is 9.27. The van der Waals surface area contributed by atoms with Crippen LogP contribution in [0.25, 0.3) is 0 Å². The largest absolute Gasteiger partial charge is 0.388 e. The molecule has 2 fully saturated rings. The fourth-order valence-corrected chi connectivity index (χ4v) is 1.23. The molecule has 1 heterocycles. The Bertz CT molecular complexity index is 133. The van der Waals surface area contributed by atoms with Gasteiger partial charge in [0.1, 0.15) is 12.2 Å². The van der Waals surface area contributed by atoms with E-state index in [0.717, 1.165) is 12.5 Å². The van der Waals surface area contributed by atoms with Gasteiger partial charge in [0.05, 0.1) is 19.8 Å². The van der Waals surface area contributed by atoms with Gasteiger partial charge in [-0.2, -0.15) is 0 Å². The van der Waals surface area contributed by atoms with Crippen molar-refractivity contribution in [1.82, 2.24) is 0 Å². The van der Waals surface area contributed by atoms with Crippen LogP contribution < -0.4 is 0 Å². The highest BCUT2D eigenvalue weighted by molar-refractivity contribution is 4.77. The molecule has 1 saturated carbocycles. The van der Waals surface area contributed by atoms with Crippen LogP contribution in [-0.4, -0.2) is 37.1 Å². The summed E-state index contributed by atoms with van der Waals surface area (Å²) in [4.78, 5) is 0. The number of hydrogen-bond acceptors (Lipinski definition) is 3. The van der Waals surface area contributed by atoms with Gasteiger partial charge in [0.2, 0.25) is 0 Å². The molecule has 0 bridgehead atoms. The SMILES string of the molecule is O[C@@H]1COC[C@H]1OCC1CC1. The van der Waals surface area contributed by atoms with E-state index in [9.17, 15) is 5.11 Å². The molecule has 1 aliphatic heterocycles. The molecule has 0 aromatic heterocycles. The first-order chi connectivity index (χ1) is 5.36. The molecule has 0 radical (unpaired) electrons. The fraction of sp³-hybridized carbons (Fsp3) is 1.00. The first-order valence-corrected chi connectivity index (χ1v) is 4.23. The van der Waals surface area contributed by atoms with Gasteiger partial charge >= 0.3 is 0 Å². The maximum Gasteiger partial charge on any atom is 0.109 e. The highest BCUT2D eigenvalue weighted by atomic mass is 16.6. The lowest BCUT2D eigenvalue weighted by Gasteiger charge is -2.12.